The molecule has 0 aliphatic heterocycles. The van der Waals surface area contributed by atoms with E-state index in [1.54, 1.807) is 6.92 Å². The Hall–Kier alpha value is -2.28. The van der Waals surface area contributed by atoms with Crippen molar-refractivity contribution in [3.8, 4) is 5.75 Å². The average Bonchev–Trinajstić information content (AvgIpc) is 2.86. The first-order valence-corrected chi connectivity index (χ1v) is 7.83. The summed E-state index contributed by atoms with van der Waals surface area (Å²) in [7, 11) is 0. The maximum Gasteiger partial charge on any atom is 0.362 e. The van der Waals surface area contributed by atoms with Gasteiger partial charge < -0.3 is 9.47 Å². The molecule has 0 aliphatic carbocycles. The van der Waals surface area contributed by atoms with Crippen LogP contribution in [0.25, 0.3) is 20.4 Å². The van der Waals surface area contributed by atoms with Crippen LogP contribution in [0.5, 0.6) is 5.75 Å². The number of rotatable bonds is 4. The summed E-state index contributed by atoms with van der Waals surface area (Å²) in [4.78, 5) is 17.4. The number of nitrogens with zero attached hydrogens (tertiary/aromatic N) is 3. The lowest BCUT2D eigenvalue weighted by molar-refractivity contribution is 0.0513. The molecule has 0 N–H and O–H groups in total. The second-order valence-electron chi connectivity index (χ2n) is 4.62. The molecule has 3 aromatic rings. The van der Waals surface area contributed by atoms with Crippen LogP contribution in [0, 0.1) is 6.92 Å². The summed E-state index contributed by atoms with van der Waals surface area (Å²) in [6.07, 6.45) is 0. The van der Waals surface area contributed by atoms with Crippen molar-refractivity contribution in [2.75, 3.05) is 13.2 Å². The Morgan fingerprint density at radius 2 is 2.05 bits per heavy atom. The van der Waals surface area contributed by atoms with Crippen molar-refractivity contribution in [1.29, 1.82) is 0 Å². The molecule has 0 saturated heterocycles. The van der Waals surface area contributed by atoms with Crippen LogP contribution < -0.4 is 4.74 Å². The molecule has 0 bridgehead atoms. The summed E-state index contributed by atoms with van der Waals surface area (Å²) in [6.45, 7) is 6.24. The van der Waals surface area contributed by atoms with E-state index in [0.29, 0.717) is 17.9 Å². The number of aromatic nitrogens is 3. The predicted molar refractivity (Wildman–Crippen MR) is 84.6 cm³/mol. The van der Waals surface area contributed by atoms with Crippen LogP contribution in [0.1, 0.15) is 30.0 Å². The van der Waals surface area contributed by atoms with Crippen LogP contribution >= 0.6 is 11.3 Å². The minimum atomic E-state index is -0.526. The summed E-state index contributed by atoms with van der Waals surface area (Å²) in [5.41, 5.74) is 1.74. The number of aryl methyl sites for hydroxylation is 1. The zero-order valence-electron chi connectivity index (χ0n) is 12.5. The molecule has 3 rings (SSSR count). The third-order valence-corrected chi connectivity index (χ3v) is 4.18. The van der Waals surface area contributed by atoms with Crippen LogP contribution in [-0.4, -0.2) is 34.4 Å². The molecule has 0 atom stereocenters. The summed E-state index contributed by atoms with van der Waals surface area (Å²) < 4.78 is 11.5. The van der Waals surface area contributed by atoms with Crippen LogP contribution in [0.4, 0.5) is 0 Å². The number of carbonyl (C=O) groups excluding carboxylic acids is 1. The molecule has 0 aliphatic rings. The Kier molecular flexibility index (Phi) is 3.89. The van der Waals surface area contributed by atoms with Gasteiger partial charge >= 0.3 is 5.97 Å². The lowest BCUT2D eigenvalue weighted by Gasteiger charge is -2.08. The first-order chi connectivity index (χ1) is 10.7. The molecule has 7 heteroatoms. The third-order valence-electron chi connectivity index (χ3n) is 3.10. The van der Waals surface area contributed by atoms with E-state index >= 15 is 0 Å². The number of esters is 1. The minimum Gasteiger partial charge on any atom is -0.490 e. The maximum absolute atomic E-state index is 12.0. The van der Waals surface area contributed by atoms with Gasteiger partial charge in [0.2, 0.25) is 5.69 Å². The number of carbonyl (C=O) groups is 1. The van der Waals surface area contributed by atoms with E-state index in [1.807, 2.05) is 26.0 Å². The fourth-order valence-corrected chi connectivity index (χ4v) is 3.33. The van der Waals surface area contributed by atoms with Crippen LogP contribution in [0.3, 0.4) is 0 Å². The molecular formula is C15H15N3O3S. The lowest BCUT2D eigenvalue weighted by atomic mass is 10.2. The first-order valence-electron chi connectivity index (χ1n) is 7.02. The van der Waals surface area contributed by atoms with Gasteiger partial charge in [-0.25, -0.2) is 9.78 Å². The van der Waals surface area contributed by atoms with E-state index in [-0.39, 0.29) is 12.3 Å². The summed E-state index contributed by atoms with van der Waals surface area (Å²) >= 11 is 1.45. The second kappa shape index (κ2) is 5.84. The van der Waals surface area contributed by atoms with Crippen LogP contribution in [-0.2, 0) is 4.74 Å². The molecule has 0 radical (unpaired) electrons. The Morgan fingerprint density at radius 1 is 1.23 bits per heavy atom. The fraction of sp³-hybridized carbons (Fsp3) is 0.333. The predicted octanol–water partition coefficient (Wildman–Crippen LogP) is 3.12. The number of fused-ring (bicyclic) bond motifs is 3. The van der Waals surface area contributed by atoms with Gasteiger partial charge in [0.05, 0.1) is 13.2 Å². The normalized spacial score (nSPS) is 11.0. The van der Waals surface area contributed by atoms with Gasteiger partial charge in [0.25, 0.3) is 0 Å². The Labute approximate surface area is 131 Å². The highest BCUT2D eigenvalue weighted by Gasteiger charge is 2.23. The molecule has 0 amide bonds. The highest BCUT2D eigenvalue weighted by molar-refractivity contribution is 7.25. The monoisotopic (exact) mass is 317 g/mol. The van der Waals surface area contributed by atoms with Crippen molar-refractivity contribution in [3.63, 3.8) is 0 Å². The summed E-state index contributed by atoms with van der Waals surface area (Å²) in [5, 5.41) is 9.11. The van der Waals surface area contributed by atoms with Crippen molar-refractivity contribution in [2.24, 2.45) is 0 Å². The molecule has 0 fully saturated rings. The van der Waals surface area contributed by atoms with Crippen LogP contribution in [0.15, 0.2) is 12.1 Å². The molecule has 0 saturated carbocycles. The van der Waals surface area contributed by atoms with E-state index < -0.39 is 5.97 Å². The van der Waals surface area contributed by atoms with Crippen molar-refractivity contribution in [2.45, 2.75) is 20.8 Å². The largest absolute Gasteiger partial charge is 0.490 e. The molecule has 114 valence electrons. The highest BCUT2D eigenvalue weighted by Crippen LogP contribution is 2.38. The van der Waals surface area contributed by atoms with Crippen molar-refractivity contribution in [1.82, 2.24) is 15.2 Å². The highest BCUT2D eigenvalue weighted by atomic mass is 32.1. The standard InChI is InChI=1S/C15H15N3O3S/c1-4-20-12-11(15(19)21-5-2)18-17-10-9-7-6-8(3)16-14(9)22-13(10)12/h6-7H,4-5H2,1-3H3. The number of thiophene rings is 1. The molecule has 0 aromatic carbocycles. The van der Waals surface area contributed by atoms with E-state index in [2.05, 4.69) is 15.2 Å². The van der Waals surface area contributed by atoms with E-state index in [1.165, 1.54) is 11.3 Å². The van der Waals surface area contributed by atoms with Gasteiger partial charge in [-0.1, -0.05) is 0 Å². The topological polar surface area (TPSA) is 74.2 Å². The molecule has 3 heterocycles. The van der Waals surface area contributed by atoms with Crippen molar-refractivity contribution >= 4 is 37.7 Å². The Balaban J connectivity index is 2.29. The Bertz CT molecular complexity index is 860. The van der Waals surface area contributed by atoms with E-state index in [9.17, 15) is 4.79 Å². The van der Waals surface area contributed by atoms with Gasteiger partial charge in [0, 0.05) is 11.1 Å². The van der Waals surface area contributed by atoms with Gasteiger partial charge in [-0.05, 0) is 32.9 Å². The summed E-state index contributed by atoms with van der Waals surface area (Å²) in [6, 6.07) is 3.89. The maximum atomic E-state index is 12.0. The smallest absolute Gasteiger partial charge is 0.362 e. The molecule has 6 nitrogen and oxygen atoms in total. The average molecular weight is 317 g/mol. The molecule has 0 spiro atoms. The fourth-order valence-electron chi connectivity index (χ4n) is 2.18. The lowest BCUT2D eigenvalue weighted by Crippen LogP contribution is -2.11. The minimum absolute atomic E-state index is 0.111. The van der Waals surface area contributed by atoms with E-state index in [4.69, 9.17) is 9.47 Å². The number of hydrogen-bond donors (Lipinski definition) is 0. The zero-order chi connectivity index (χ0) is 15.7. The number of ether oxygens (including phenoxy) is 2. The van der Waals surface area contributed by atoms with Gasteiger partial charge in [0.1, 0.15) is 15.0 Å². The van der Waals surface area contributed by atoms with Gasteiger partial charge in [-0.15, -0.1) is 21.5 Å². The zero-order valence-corrected chi connectivity index (χ0v) is 13.4. The van der Waals surface area contributed by atoms with Gasteiger partial charge in [-0.2, -0.15) is 0 Å². The SMILES string of the molecule is CCOC(=O)c1nnc2c(sc3nc(C)ccc32)c1OCC. The number of pyridine rings is 1. The van der Waals surface area contributed by atoms with Crippen molar-refractivity contribution in [3.05, 3.63) is 23.5 Å². The molecule has 3 aromatic heterocycles. The second-order valence-corrected chi connectivity index (χ2v) is 5.62. The molecule has 0 unspecified atom stereocenters. The first kappa shape index (κ1) is 14.6. The molecule has 22 heavy (non-hydrogen) atoms. The quantitative estimate of drug-likeness (QED) is 0.688. The van der Waals surface area contributed by atoms with Crippen molar-refractivity contribution < 1.29 is 14.3 Å². The van der Waals surface area contributed by atoms with Gasteiger partial charge in [0.15, 0.2) is 5.75 Å². The van der Waals surface area contributed by atoms with Gasteiger partial charge in [-0.3, -0.25) is 0 Å². The van der Waals surface area contributed by atoms with E-state index in [0.717, 1.165) is 20.6 Å². The Morgan fingerprint density at radius 3 is 2.77 bits per heavy atom. The summed E-state index contributed by atoms with van der Waals surface area (Å²) in [5.74, 6) is -0.103. The van der Waals surface area contributed by atoms with Crippen LogP contribution in [0.2, 0.25) is 0 Å². The number of hydrogen-bond acceptors (Lipinski definition) is 7. The third kappa shape index (κ3) is 2.37. The molecular weight excluding hydrogens is 302 g/mol.